The van der Waals surface area contributed by atoms with Gasteiger partial charge in [0.2, 0.25) is 0 Å². The first-order chi connectivity index (χ1) is 12.8. The van der Waals surface area contributed by atoms with Crippen molar-refractivity contribution in [1.82, 2.24) is 0 Å². The lowest BCUT2D eigenvalue weighted by Crippen LogP contribution is -2.22. The third-order valence-corrected chi connectivity index (χ3v) is 5.12. The Bertz CT molecular complexity index is 885. The molecule has 2 saturated heterocycles. The predicted octanol–water partition coefficient (Wildman–Crippen LogP) is 2.56. The van der Waals surface area contributed by atoms with Crippen molar-refractivity contribution in [3.05, 3.63) is 34.9 Å². The molecule has 7 heteroatoms. The second kappa shape index (κ2) is 6.20. The van der Waals surface area contributed by atoms with E-state index in [9.17, 15) is 14.4 Å². The molecule has 1 aromatic carbocycles. The summed E-state index contributed by atoms with van der Waals surface area (Å²) in [6, 6.07) is 3.15. The first-order valence-electron chi connectivity index (χ1n) is 8.89. The van der Waals surface area contributed by atoms with Crippen molar-refractivity contribution in [3.8, 4) is 11.5 Å². The number of esters is 3. The van der Waals surface area contributed by atoms with Crippen LogP contribution in [0.15, 0.2) is 23.8 Å². The molecule has 1 aromatic rings. The van der Waals surface area contributed by atoms with Crippen LogP contribution < -0.4 is 9.47 Å². The Morgan fingerprint density at radius 2 is 1.81 bits per heavy atom. The molecule has 4 rings (SSSR count). The van der Waals surface area contributed by atoms with E-state index in [2.05, 4.69) is 0 Å². The molecule has 7 nitrogen and oxygen atoms in total. The molecule has 0 saturated carbocycles. The topological polar surface area (TPSA) is 91.4 Å². The maximum atomic E-state index is 12.5. The molecular formula is C20H20O7. The zero-order chi connectivity index (χ0) is 19.3. The van der Waals surface area contributed by atoms with Crippen molar-refractivity contribution in [3.63, 3.8) is 0 Å². The number of ether oxygens (including phenoxy) is 4. The van der Waals surface area contributed by atoms with Crippen molar-refractivity contribution in [2.75, 3.05) is 0 Å². The van der Waals surface area contributed by atoms with Gasteiger partial charge in [-0.15, -0.1) is 0 Å². The summed E-state index contributed by atoms with van der Waals surface area (Å²) >= 11 is 0. The van der Waals surface area contributed by atoms with Gasteiger partial charge in [0.15, 0.2) is 11.7 Å². The number of fused-ring (bicyclic) bond motifs is 2. The highest BCUT2D eigenvalue weighted by Gasteiger charge is 2.73. The molecule has 3 unspecified atom stereocenters. The number of carbonyl (C=O) groups excluding carboxylic acids is 3. The molecule has 2 bridgehead atoms. The highest BCUT2D eigenvalue weighted by atomic mass is 16.7. The van der Waals surface area contributed by atoms with Crippen LogP contribution in [0, 0.1) is 0 Å². The summed E-state index contributed by atoms with van der Waals surface area (Å²) in [5.74, 6) is -0.712. The number of hydrogen-bond donors (Lipinski definition) is 0. The van der Waals surface area contributed by atoms with Crippen molar-refractivity contribution >= 4 is 17.9 Å². The SMILES string of the molecule is CC(=O)Oc1ccc(OC(C)=O)c2c1C/C(C)=C\CCC13OC1C2OC3=O. The van der Waals surface area contributed by atoms with Crippen LogP contribution in [0.2, 0.25) is 0 Å². The van der Waals surface area contributed by atoms with Crippen LogP contribution in [0.3, 0.4) is 0 Å². The Labute approximate surface area is 156 Å². The summed E-state index contributed by atoms with van der Waals surface area (Å²) in [7, 11) is 0. The zero-order valence-corrected chi connectivity index (χ0v) is 15.4. The lowest BCUT2D eigenvalue weighted by atomic mass is 9.88. The van der Waals surface area contributed by atoms with E-state index < -0.39 is 35.7 Å². The molecule has 142 valence electrons. The number of allylic oxidation sites excluding steroid dienone is 2. The summed E-state index contributed by atoms with van der Waals surface area (Å²) in [4.78, 5) is 35.7. The van der Waals surface area contributed by atoms with E-state index in [4.69, 9.17) is 18.9 Å². The van der Waals surface area contributed by atoms with Gasteiger partial charge in [-0.1, -0.05) is 11.6 Å². The molecule has 2 aliphatic heterocycles. The van der Waals surface area contributed by atoms with Crippen LogP contribution >= 0.6 is 0 Å². The number of carbonyl (C=O) groups is 3. The monoisotopic (exact) mass is 372 g/mol. The molecule has 0 N–H and O–H groups in total. The maximum absolute atomic E-state index is 12.5. The third-order valence-electron chi connectivity index (χ3n) is 5.12. The smallest absolute Gasteiger partial charge is 0.342 e. The van der Waals surface area contributed by atoms with Crippen molar-refractivity contribution < 1.29 is 33.3 Å². The zero-order valence-electron chi connectivity index (χ0n) is 15.4. The van der Waals surface area contributed by atoms with Gasteiger partial charge in [-0.2, -0.15) is 0 Å². The van der Waals surface area contributed by atoms with Crippen molar-refractivity contribution in [1.29, 1.82) is 0 Å². The van der Waals surface area contributed by atoms with E-state index in [0.29, 0.717) is 36.1 Å². The molecule has 27 heavy (non-hydrogen) atoms. The van der Waals surface area contributed by atoms with E-state index in [-0.39, 0.29) is 5.75 Å². The Morgan fingerprint density at radius 3 is 2.48 bits per heavy atom. The van der Waals surface area contributed by atoms with Crippen LogP contribution in [0.5, 0.6) is 11.5 Å². The maximum Gasteiger partial charge on any atom is 0.342 e. The van der Waals surface area contributed by atoms with Gasteiger partial charge in [-0.3, -0.25) is 9.59 Å². The predicted molar refractivity (Wildman–Crippen MR) is 92.2 cm³/mol. The normalized spacial score (nSPS) is 30.2. The second-order valence-electron chi connectivity index (χ2n) is 7.16. The summed E-state index contributed by atoms with van der Waals surface area (Å²) < 4.78 is 22.2. The van der Waals surface area contributed by atoms with Crippen LogP contribution in [0.25, 0.3) is 0 Å². The largest absolute Gasteiger partial charge is 0.452 e. The lowest BCUT2D eigenvalue weighted by molar-refractivity contribution is -0.154. The molecule has 2 heterocycles. The van der Waals surface area contributed by atoms with Gasteiger partial charge in [-0.05, 0) is 38.3 Å². The molecule has 0 spiro atoms. The summed E-state index contributed by atoms with van der Waals surface area (Å²) in [6.07, 6.45) is 2.61. The molecule has 0 amide bonds. The number of hydrogen-bond acceptors (Lipinski definition) is 7. The van der Waals surface area contributed by atoms with Gasteiger partial charge < -0.3 is 18.9 Å². The van der Waals surface area contributed by atoms with Crippen LogP contribution in [0.4, 0.5) is 0 Å². The Balaban J connectivity index is 1.91. The van der Waals surface area contributed by atoms with E-state index in [1.54, 1.807) is 12.1 Å². The average molecular weight is 372 g/mol. The molecule has 3 aliphatic rings. The summed E-state index contributed by atoms with van der Waals surface area (Å²) in [5, 5.41) is 0. The Kier molecular flexibility index (Phi) is 4.07. The average Bonchev–Trinajstić information content (AvgIpc) is 3.24. The highest BCUT2D eigenvalue weighted by Crippen LogP contribution is 2.58. The van der Waals surface area contributed by atoms with Gasteiger partial charge in [0.25, 0.3) is 0 Å². The minimum atomic E-state index is -0.930. The third kappa shape index (κ3) is 2.92. The molecule has 0 aromatic heterocycles. The van der Waals surface area contributed by atoms with E-state index in [0.717, 1.165) is 5.57 Å². The Morgan fingerprint density at radius 1 is 1.15 bits per heavy atom. The van der Waals surface area contributed by atoms with Crippen molar-refractivity contribution in [2.24, 2.45) is 0 Å². The minimum Gasteiger partial charge on any atom is -0.452 e. The summed E-state index contributed by atoms with van der Waals surface area (Å²) in [6.45, 7) is 4.59. The van der Waals surface area contributed by atoms with Crippen LogP contribution in [-0.4, -0.2) is 29.6 Å². The van der Waals surface area contributed by atoms with Gasteiger partial charge in [-0.25, -0.2) is 4.79 Å². The highest BCUT2D eigenvalue weighted by molar-refractivity contribution is 5.87. The van der Waals surface area contributed by atoms with Crippen LogP contribution in [0.1, 0.15) is 50.8 Å². The minimum absolute atomic E-state index is 0.283. The number of benzene rings is 1. The number of epoxide rings is 1. The van der Waals surface area contributed by atoms with Gasteiger partial charge >= 0.3 is 17.9 Å². The molecule has 3 atom stereocenters. The fraction of sp³-hybridized carbons (Fsp3) is 0.450. The first-order valence-corrected chi connectivity index (χ1v) is 8.89. The van der Waals surface area contributed by atoms with E-state index in [1.165, 1.54) is 13.8 Å². The Hall–Kier alpha value is -2.67. The molecule has 1 aliphatic carbocycles. The van der Waals surface area contributed by atoms with Gasteiger partial charge in [0.05, 0.1) is 0 Å². The van der Waals surface area contributed by atoms with Crippen molar-refractivity contribution in [2.45, 2.75) is 57.8 Å². The fourth-order valence-electron chi connectivity index (χ4n) is 3.95. The van der Waals surface area contributed by atoms with E-state index in [1.807, 2.05) is 13.0 Å². The molecule has 0 radical (unpaired) electrons. The first kappa shape index (κ1) is 17.7. The molecule has 2 fully saturated rings. The van der Waals surface area contributed by atoms with Crippen LogP contribution in [-0.2, 0) is 30.3 Å². The fourth-order valence-corrected chi connectivity index (χ4v) is 3.95. The quantitative estimate of drug-likeness (QED) is 0.341. The molecular weight excluding hydrogens is 352 g/mol. The lowest BCUT2D eigenvalue weighted by Gasteiger charge is -2.22. The summed E-state index contributed by atoms with van der Waals surface area (Å²) in [5.41, 5.74) is 1.30. The van der Waals surface area contributed by atoms with Gasteiger partial charge in [0, 0.05) is 25.0 Å². The van der Waals surface area contributed by atoms with Gasteiger partial charge in [0.1, 0.15) is 17.6 Å². The standard InChI is InChI=1S/C20H20O7/c1-10-5-4-8-20-18(27-20)17(26-19(20)23)16-13(9-10)14(24-11(2)21)6-7-15(16)25-12(3)22/h5-7,17-18H,4,8-9H2,1-3H3/b10-5-. The van der Waals surface area contributed by atoms with E-state index >= 15 is 0 Å². The number of rotatable bonds is 2. The second-order valence-corrected chi connectivity index (χ2v) is 7.16.